The highest BCUT2D eigenvalue weighted by molar-refractivity contribution is 7.10. The summed E-state index contributed by atoms with van der Waals surface area (Å²) < 4.78 is 0. The van der Waals surface area contributed by atoms with Gasteiger partial charge < -0.3 is 11.1 Å². The van der Waals surface area contributed by atoms with E-state index in [2.05, 4.69) is 57.0 Å². The Morgan fingerprint density at radius 2 is 1.81 bits per heavy atom. The molecule has 0 radical (unpaired) electrons. The number of nitrogens with two attached hydrogens (primary N) is 1. The molecule has 0 bridgehead atoms. The maximum atomic E-state index is 6.14. The van der Waals surface area contributed by atoms with Gasteiger partial charge in [-0.15, -0.1) is 11.3 Å². The van der Waals surface area contributed by atoms with Crippen LogP contribution in [0, 0.1) is 0 Å². The summed E-state index contributed by atoms with van der Waals surface area (Å²) in [5, 5.41) is 5.37. The first-order chi connectivity index (χ1) is 13.3. The molecule has 2 aromatic carbocycles. The van der Waals surface area contributed by atoms with Crippen molar-refractivity contribution in [2.75, 3.05) is 18.4 Å². The van der Waals surface area contributed by atoms with Gasteiger partial charge in [-0.1, -0.05) is 48.5 Å². The van der Waals surface area contributed by atoms with Crippen LogP contribution in [0.5, 0.6) is 0 Å². The number of aliphatic imine (C=N–C) groups is 1. The molecule has 0 saturated carbocycles. The molecule has 3 aromatic rings. The number of benzene rings is 2. The van der Waals surface area contributed by atoms with Crippen molar-refractivity contribution in [3.8, 4) is 0 Å². The zero-order valence-electron chi connectivity index (χ0n) is 15.2. The molecule has 1 unspecified atom stereocenters. The van der Waals surface area contributed by atoms with Crippen LogP contribution in [0.15, 0.2) is 77.1 Å². The van der Waals surface area contributed by atoms with Crippen molar-refractivity contribution in [2.24, 2.45) is 10.7 Å². The zero-order valence-corrected chi connectivity index (χ0v) is 16.0. The van der Waals surface area contributed by atoms with Crippen LogP contribution in [0.3, 0.4) is 0 Å². The van der Waals surface area contributed by atoms with Crippen molar-refractivity contribution in [1.29, 1.82) is 0 Å². The van der Waals surface area contributed by atoms with Gasteiger partial charge in [0.25, 0.3) is 0 Å². The standard InChI is InChI=1S/C22H24N4S/c23-22(25-19-9-5-2-6-10-19)24-15-20(17-7-3-1-4-8-17)26-13-11-21-18(16-26)12-14-27-21/h1-10,12,14,20H,11,13,15-16H2,(H3,23,24,25). The lowest BCUT2D eigenvalue weighted by molar-refractivity contribution is 0.185. The van der Waals surface area contributed by atoms with Gasteiger partial charge in [0.05, 0.1) is 12.6 Å². The van der Waals surface area contributed by atoms with Crippen molar-refractivity contribution in [2.45, 2.75) is 19.0 Å². The van der Waals surface area contributed by atoms with Gasteiger partial charge in [0.2, 0.25) is 0 Å². The average molecular weight is 377 g/mol. The predicted molar refractivity (Wildman–Crippen MR) is 114 cm³/mol. The van der Waals surface area contributed by atoms with Crippen molar-refractivity contribution < 1.29 is 0 Å². The second-order valence-corrected chi connectivity index (χ2v) is 7.73. The number of hydrogen-bond donors (Lipinski definition) is 2. The molecular weight excluding hydrogens is 352 g/mol. The number of anilines is 1. The molecule has 0 saturated heterocycles. The molecule has 0 amide bonds. The summed E-state index contributed by atoms with van der Waals surface area (Å²) in [7, 11) is 0. The Morgan fingerprint density at radius 3 is 2.59 bits per heavy atom. The van der Waals surface area contributed by atoms with E-state index in [4.69, 9.17) is 5.73 Å². The predicted octanol–water partition coefficient (Wildman–Crippen LogP) is 4.27. The minimum atomic E-state index is 0.218. The fourth-order valence-electron chi connectivity index (χ4n) is 3.54. The lowest BCUT2D eigenvalue weighted by atomic mass is 10.0. The van der Waals surface area contributed by atoms with E-state index in [0.29, 0.717) is 12.5 Å². The topological polar surface area (TPSA) is 53.6 Å². The number of hydrogen-bond acceptors (Lipinski definition) is 3. The van der Waals surface area contributed by atoms with E-state index >= 15 is 0 Å². The first kappa shape index (κ1) is 17.8. The van der Waals surface area contributed by atoms with E-state index in [9.17, 15) is 0 Å². The Bertz CT molecular complexity index is 889. The molecule has 0 spiro atoms. The van der Waals surface area contributed by atoms with Crippen LogP contribution in [-0.4, -0.2) is 23.9 Å². The minimum Gasteiger partial charge on any atom is -0.370 e. The smallest absolute Gasteiger partial charge is 0.193 e. The van der Waals surface area contributed by atoms with Gasteiger partial charge in [0, 0.05) is 23.7 Å². The van der Waals surface area contributed by atoms with Gasteiger partial charge in [-0.3, -0.25) is 9.89 Å². The Hall–Kier alpha value is -2.63. The van der Waals surface area contributed by atoms with Crippen LogP contribution in [0.1, 0.15) is 22.0 Å². The summed E-state index contributed by atoms with van der Waals surface area (Å²) >= 11 is 1.87. The third kappa shape index (κ3) is 4.38. The van der Waals surface area contributed by atoms with Crippen LogP contribution in [0.25, 0.3) is 0 Å². The second-order valence-electron chi connectivity index (χ2n) is 6.73. The zero-order chi connectivity index (χ0) is 18.5. The molecule has 5 heteroatoms. The molecule has 2 heterocycles. The molecule has 1 aliphatic rings. The monoisotopic (exact) mass is 376 g/mol. The van der Waals surface area contributed by atoms with Gasteiger partial charge in [-0.05, 0) is 41.1 Å². The Labute approximate surface area is 164 Å². The van der Waals surface area contributed by atoms with Gasteiger partial charge in [0.15, 0.2) is 5.96 Å². The lowest BCUT2D eigenvalue weighted by Crippen LogP contribution is -2.35. The van der Waals surface area contributed by atoms with Crippen LogP contribution in [0.2, 0.25) is 0 Å². The molecule has 0 aliphatic carbocycles. The third-order valence-corrected chi connectivity index (χ3v) is 5.97. The van der Waals surface area contributed by atoms with E-state index < -0.39 is 0 Å². The van der Waals surface area contributed by atoms with Crippen molar-refractivity contribution in [1.82, 2.24) is 4.90 Å². The Morgan fingerprint density at radius 1 is 1.07 bits per heavy atom. The summed E-state index contributed by atoms with van der Waals surface area (Å²) in [6.45, 7) is 2.66. The number of nitrogens with one attached hydrogen (secondary N) is 1. The largest absolute Gasteiger partial charge is 0.370 e. The van der Waals surface area contributed by atoms with Crippen LogP contribution >= 0.6 is 11.3 Å². The van der Waals surface area contributed by atoms with Crippen molar-refractivity contribution >= 4 is 23.0 Å². The number of nitrogens with zero attached hydrogens (tertiary/aromatic N) is 2. The van der Waals surface area contributed by atoms with Gasteiger partial charge in [-0.2, -0.15) is 0 Å². The number of guanidine groups is 1. The highest BCUT2D eigenvalue weighted by atomic mass is 32.1. The van der Waals surface area contributed by atoms with Crippen LogP contribution in [-0.2, 0) is 13.0 Å². The minimum absolute atomic E-state index is 0.218. The molecule has 1 atom stereocenters. The molecule has 1 aliphatic heterocycles. The maximum Gasteiger partial charge on any atom is 0.193 e. The molecule has 1 aromatic heterocycles. The summed E-state index contributed by atoms with van der Waals surface area (Å²) in [5.41, 5.74) is 9.83. The van der Waals surface area contributed by atoms with Gasteiger partial charge in [-0.25, -0.2) is 0 Å². The van der Waals surface area contributed by atoms with Crippen LogP contribution < -0.4 is 11.1 Å². The number of para-hydroxylation sites is 1. The highest BCUT2D eigenvalue weighted by Crippen LogP contribution is 2.30. The van der Waals surface area contributed by atoms with E-state index in [1.165, 1.54) is 16.0 Å². The average Bonchev–Trinajstić information content (AvgIpc) is 3.18. The normalized spacial score (nSPS) is 15.9. The fourth-order valence-corrected chi connectivity index (χ4v) is 4.43. The fraction of sp³-hybridized carbons (Fsp3) is 0.227. The molecular formula is C22H24N4S. The Kier molecular flexibility index (Phi) is 5.51. The molecule has 0 fully saturated rings. The summed E-state index contributed by atoms with van der Waals surface area (Å²) in [6.07, 6.45) is 1.11. The first-order valence-electron chi connectivity index (χ1n) is 9.26. The number of thiophene rings is 1. The summed E-state index contributed by atoms with van der Waals surface area (Å²) in [4.78, 5) is 8.70. The van der Waals surface area contributed by atoms with Crippen molar-refractivity contribution in [3.05, 3.63) is 88.1 Å². The second kappa shape index (κ2) is 8.37. The van der Waals surface area contributed by atoms with Crippen LogP contribution in [0.4, 0.5) is 5.69 Å². The summed E-state index contributed by atoms with van der Waals surface area (Å²) in [6, 6.07) is 23.0. The van der Waals surface area contributed by atoms with E-state index in [1.807, 2.05) is 41.7 Å². The maximum absolute atomic E-state index is 6.14. The number of rotatable bonds is 5. The molecule has 27 heavy (non-hydrogen) atoms. The van der Waals surface area contributed by atoms with Gasteiger partial charge in [0.1, 0.15) is 0 Å². The quantitative estimate of drug-likeness (QED) is 0.516. The lowest BCUT2D eigenvalue weighted by Gasteiger charge is -2.34. The van der Waals surface area contributed by atoms with Crippen molar-refractivity contribution in [3.63, 3.8) is 0 Å². The SMILES string of the molecule is NC(=NCC(c1ccccc1)N1CCc2sccc2C1)Nc1ccccc1. The first-order valence-corrected chi connectivity index (χ1v) is 10.1. The molecule has 3 N–H and O–H groups in total. The summed E-state index contributed by atoms with van der Waals surface area (Å²) in [5.74, 6) is 0.454. The number of fused-ring (bicyclic) bond motifs is 1. The molecule has 4 rings (SSSR count). The Balaban J connectivity index is 1.51. The highest BCUT2D eigenvalue weighted by Gasteiger charge is 2.25. The van der Waals surface area contributed by atoms with E-state index in [1.54, 1.807) is 0 Å². The third-order valence-electron chi connectivity index (χ3n) is 4.94. The van der Waals surface area contributed by atoms with E-state index in [0.717, 1.165) is 25.2 Å². The molecule has 4 nitrogen and oxygen atoms in total. The molecule has 138 valence electrons. The van der Waals surface area contributed by atoms with Gasteiger partial charge >= 0.3 is 0 Å². The van der Waals surface area contributed by atoms with E-state index in [-0.39, 0.29) is 6.04 Å².